The van der Waals surface area contributed by atoms with Gasteiger partial charge in [-0.25, -0.2) is 9.59 Å². The maximum absolute atomic E-state index is 12.5. The van der Waals surface area contributed by atoms with Gasteiger partial charge in [0.25, 0.3) is 0 Å². The van der Waals surface area contributed by atoms with Gasteiger partial charge in [0.1, 0.15) is 11.3 Å². The molecule has 1 aliphatic carbocycles. The summed E-state index contributed by atoms with van der Waals surface area (Å²) in [5.74, 6) is 0.0500. The quantitative estimate of drug-likeness (QED) is 0.400. The molecule has 1 heterocycles. The Bertz CT molecular complexity index is 1020. The zero-order valence-corrected chi connectivity index (χ0v) is 14.0. The summed E-state index contributed by atoms with van der Waals surface area (Å²) >= 11 is 0. The maximum Gasteiger partial charge on any atom is 0.343 e. The predicted octanol–water partition coefficient (Wildman–Crippen LogP) is 4.20. The van der Waals surface area contributed by atoms with Crippen molar-refractivity contribution in [2.45, 2.75) is 32.6 Å². The lowest BCUT2D eigenvalue weighted by atomic mass is 9.90. The molecule has 4 heteroatoms. The molecule has 0 amide bonds. The van der Waals surface area contributed by atoms with Gasteiger partial charge in [0.05, 0.1) is 10.9 Å². The monoisotopic (exact) mass is 334 g/mol. The molecule has 0 saturated carbocycles. The first-order chi connectivity index (χ1) is 12.1. The summed E-state index contributed by atoms with van der Waals surface area (Å²) < 4.78 is 11.2. The molecule has 126 valence electrons. The molecular formula is C21H18O4. The summed E-state index contributed by atoms with van der Waals surface area (Å²) in [7, 11) is 0. The highest BCUT2D eigenvalue weighted by Crippen LogP contribution is 2.34. The Kier molecular flexibility index (Phi) is 3.88. The number of rotatable bonds is 2. The van der Waals surface area contributed by atoms with Gasteiger partial charge in [0, 0.05) is 5.56 Å². The highest BCUT2D eigenvalue weighted by molar-refractivity contribution is 5.95. The van der Waals surface area contributed by atoms with Crippen molar-refractivity contribution in [1.82, 2.24) is 0 Å². The van der Waals surface area contributed by atoms with E-state index in [4.69, 9.17) is 9.15 Å². The number of ether oxygens (including phenoxy) is 1. The third-order valence-corrected chi connectivity index (χ3v) is 4.64. The molecule has 4 rings (SSSR count). The van der Waals surface area contributed by atoms with Crippen LogP contribution < -0.4 is 10.4 Å². The van der Waals surface area contributed by atoms with Crippen LogP contribution in [-0.2, 0) is 12.8 Å². The zero-order chi connectivity index (χ0) is 17.4. The number of hydrogen-bond acceptors (Lipinski definition) is 4. The summed E-state index contributed by atoms with van der Waals surface area (Å²) in [6.45, 7) is 1.89. The fourth-order valence-electron chi connectivity index (χ4n) is 3.48. The minimum Gasteiger partial charge on any atom is -0.422 e. The minimum atomic E-state index is -0.414. The van der Waals surface area contributed by atoms with Gasteiger partial charge in [0.2, 0.25) is 0 Å². The van der Waals surface area contributed by atoms with Crippen LogP contribution in [0, 0.1) is 6.92 Å². The molecule has 0 bridgehead atoms. The van der Waals surface area contributed by atoms with Gasteiger partial charge in [0.15, 0.2) is 0 Å². The van der Waals surface area contributed by atoms with Crippen molar-refractivity contribution in [3.8, 4) is 5.75 Å². The highest BCUT2D eigenvalue weighted by Gasteiger charge is 2.22. The minimum absolute atomic E-state index is 0.270. The molecule has 0 aliphatic heterocycles. The number of benzene rings is 2. The van der Waals surface area contributed by atoms with Crippen LogP contribution in [0.15, 0.2) is 51.7 Å². The topological polar surface area (TPSA) is 56.5 Å². The number of carbonyl (C=O) groups is 1. The van der Waals surface area contributed by atoms with Gasteiger partial charge in [-0.1, -0.05) is 18.2 Å². The lowest BCUT2D eigenvalue weighted by molar-refractivity contribution is 0.0737. The van der Waals surface area contributed by atoms with E-state index >= 15 is 0 Å². The summed E-state index contributed by atoms with van der Waals surface area (Å²) in [5.41, 5.74) is 3.27. The smallest absolute Gasteiger partial charge is 0.343 e. The average molecular weight is 334 g/mol. The van der Waals surface area contributed by atoms with Crippen LogP contribution in [0.5, 0.6) is 5.75 Å². The Hall–Kier alpha value is -2.88. The molecule has 0 fully saturated rings. The van der Waals surface area contributed by atoms with Crippen molar-refractivity contribution < 1.29 is 13.9 Å². The lowest BCUT2D eigenvalue weighted by Gasteiger charge is -2.18. The second-order valence-electron chi connectivity index (χ2n) is 6.45. The van der Waals surface area contributed by atoms with Crippen LogP contribution in [0.1, 0.15) is 39.9 Å². The van der Waals surface area contributed by atoms with E-state index in [9.17, 15) is 9.59 Å². The van der Waals surface area contributed by atoms with Crippen LogP contribution in [0.4, 0.5) is 0 Å². The molecule has 0 N–H and O–H groups in total. The van der Waals surface area contributed by atoms with Crippen LogP contribution in [-0.4, -0.2) is 5.97 Å². The SMILES string of the molecule is Cc1cc(OC(=O)c2ccccc2)c2c3c(c(=O)oc2c1)CCCC3. The second-order valence-corrected chi connectivity index (χ2v) is 6.45. The summed E-state index contributed by atoms with van der Waals surface area (Å²) in [5, 5.41) is 0.754. The van der Waals surface area contributed by atoms with E-state index in [2.05, 4.69) is 0 Å². The van der Waals surface area contributed by atoms with Gasteiger partial charge in [-0.15, -0.1) is 0 Å². The molecule has 0 radical (unpaired) electrons. The molecule has 1 aromatic heterocycles. The Morgan fingerprint density at radius 2 is 1.76 bits per heavy atom. The zero-order valence-electron chi connectivity index (χ0n) is 14.0. The maximum atomic E-state index is 12.5. The molecule has 1 aliphatic rings. The fourth-order valence-corrected chi connectivity index (χ4v) is 3.48. The standard InChI is InChI=1S/C21H18O4/c1-13-11-17(24-20(22)14-7-3-2-4-8-14)19-15-9-5-6-10-16(15)21(23)25-18(19)12-13/h2-4,7-8,11-12H,5-6,9-10H2,1H3. The normalized spacial score (nSPS) is 13.5. The first kappa shape index (κ1) is 15.6. The Morgan fingerprint density at radius 3 is 2.52 bits per heavy atom. The second kappa shape index (κ2) is 6.20. The molecule has 25 heavy (non-hydrogen) atoms. The van der Waals surface area contributed by atoms with Crippen molar-refractivity contribution in [3.63, 3.8) is 0 Å². The van der Waals surface area contributed by atoms with Crippen molar-refractivity contribution in [3.05, 3.63) is 75.1 Å². The molecule has 0 unspecified atom stereocenters. The number of fused-ring (bicyclic) bond motifs is 3. The Labute approximate surface area is 145 Å². The molecule has 0 saturated heterocycles. The molecule has 3 aromatic rings. The molecule has 4 nitrogen and oxygen atoms in total. The third-order valence-electron chi connectivity index (χ3n) is 4.64. The molecular weight excluding hydrogens is 316 g/mol. The van der Waals surface area contributed by atoms with E-state index in [1.165, 1.54) is 0 Å². The van der Waals surface area contributed by atoms with Crippen LogP contribution >= 0.6 is 0 Å². The van der Waals surface area contributed by atoms with Gasteiger partial charge >= 0.3 is 11.6 Å². The average Bonchev–Trinajstić information content (AvgIpc) is 2.62. The fraction of sp³-hybridized carbons (Fsp3) is 0.238. The van der Waals surface area contributed by atoms with Gasteiger partial charge < -0.3 is 9.15 Å². The van der Waals surface area contributed by atoms with Crippen LogP contribution in [0.3, 0.4) is 0 Å². The van der Waals surface area contributed by atoms with E-state index in [0.29, 0.717) is 23.3 Å². The van der Waals surface area contributed by atoms with Gasteiger partial charge in [-0.2, -0.15) is 0 Å². The number of hydrogen-bond donors (Lipinski definition) is 0. The van der Waals surface area contributed by atoms with Crippen molar-refractivity contribution in [2.24, 2.45) is 0 Å². The van der Waals surface area contributed by atoms with E-state index in [-0.39, 0.29) is 5.63 Å². The molecule has 0 spiro atoms. The third kappa shape index (κ3) is 2.84. The van der Waals surface area contributed by atoms with E-state index in [1.54, 1.807) is 24.3 Å². The predicted molar refractivity (Wildman–Crippen MR) is 95.3 cm³/mol. The first-order valence-corrected chi connectivity index (χ1v) is 8.50. The molecule has 0 atom stereocenters. The number of carbonyl (C=O) groups excluding carboxylic acids is 1. The number of aryl methyl sites for hydroxylation is 2. The van der Waals surface area contributed by atoms with Crippen molar-refractivity contribution in [2.75, 3.05) is 0 Å². The Balaban J connectivity index is 1.88. The first-order valence-electron chi connectivity index (χ1n) is 8.50. The summed E-state index contributed by atoms with van der Waals surface area (Å²) in [6.07, 6.45) is 3.52. The van der Waals surface area contributed by atoms with Gasteiger partial charge in [-0.05, 0) is 68.0 Å². The van der Waals surface area contributed by atoms with Crippen LogP contribution in [0.25, 0.3) is 11.0 Å². The lowest BCUT2D eigenvalue weighted by Crippen LogP contribution is -2.17. The van der Waals surface area contributed by atoms with Crippen molar-refractivity contribution in [1.29, 1.82) is 0 Å². The van der Waals surface area contributed by atoms with E-state index in [0.717, 1.165) is 41.3 Å². The Morgan fingerprint density at radius 1 is 1.04 bits per heavy atom. The van der Waals surface area contributed by atoms with E-state index < -0.39 is 5.97 Å². The largest absolute Gasteiger partial charge is 0.422 e. The summed E-state index contributed by atoms with van der Waals surface area (Å²) in [4.78, 5) is 24.8. The van der Waals surface area contributed by atoms with E-state index in [1.807, 2.05) is 25.1 Å². The van der Waals surface area contributed by atoms with Crippen molar-refractivity contribution >= 4 is 16.9 Å². The highest BCUT2D eigenvalue weighted by atomic mass is 16.5. The number of esters is 1. The van der Waals surface area contributed by atoms with Gasteiger partial charge in [-0.3, -0.25) is 0 Å². The summed E-state index contributed by atoms with van der Waals surface area (Å²) in [6, 6.07) is 12.5. The molecule has 2 aromatic carbocycles. The van der Waals surface area contributed by atoms with Crippen LogP contribution in [0.2, 0.25) is 0 Å².